The number of benzene rings is 1. The number of allylic oxidation sites excluding steroid dienone is 1. The molecule has 0 aromatic heterocycles. The van der Waals surface area contributed by atoms with Gasteiger partial charge >= 0.3 is 0 Å². The second kappa shape index (κ2) is 11.8. The SMILES string of the molecule is C=CCCCN(C)C(=NC)NCC1(c2ccccc2Cl)CCOCC1.I. The van der Waals surface area contributed by atoms with E-state index in [1.807, 2.05) is 25.3 Å². The number of hydrogen-bond donors (Lipinski definition) is 1. The number of guanidine groups is 1. The van der Waals surface area contributed by atoms with Crippen molar-refractivity contribution in [2.45, 2.75) is 31.1 Å². The molecular weight excluding hydrogens is 461 g/mol. The Morgan fingerprint density at radius 2 is 2.08 bits per heavy atom. The number of aliphatic imine (C=N–C) groups is 1. The summed E-state index contributed by atoms with van der Waals surface area (Å²) in [5, 5.41) is 4.40. The van der Waals surface area contributed by atoms with Crippen LogP contribution in [0.15, 0.2) is 41.9 Å². The zero-order chi connectivity index (χ0) is 18.1. The standard InChI is InChI=1S/C20H30ClN3O.HI/c1-4-5-8-13-24(3)19(22-2)23-16-20(11-14-25-15-12-20)17-9-6-7-10-18(17)21;/h4,6-7,9-10H,1,5,8,11-16H2,2-3H3,(H,22,23);1H. The molecule has 0 unspecified atom stereocenters. The first-order valence-corrected chi connectivity index (χ1v) is 9.36. The van der Waals surface area contributed by atoms with E-state index in [1.54, 1.807) is 0 Å². The van der Waals surface area contributed by atoms with Crippen LogP contribution >= 0.6 is 35.6 Å². The van der Waals surface area contributed by atoms with Crippen molar-refractivity contribution in [3.8, 4) is 0 Å². The lowest BCUT2D eigenvalue weighted by atomic mass is 9.74. The van der Waals surface area contributed by atoms with Crippen LogP contribution in [0, 0.1) is 0 Å². The Morgan fingerprint density at radius 3 is 2.69 bits per heavy atom. The van der Waals surface area contributed by atoms with Crippen LogP contribution in [-0.4, -0.2) is 51.3 Å². The Bertz CT molecular complexity index is 588. The molecule has 6 heteroatoms. The Labute approximate surface area is 180 Å². The van der Waals surface area contributed by atoms with Crippen LogP contribution in [-0.2, 0) is 10.2 Å². The van der Waals surface area contributed by atoms with E-state index in [9.17, 15) is 0 Å². The van der Waals surface area contributed by atoms with Crippen LogP contribution in [0.2, 0.25) is 5.02 Å². The summed E-state index contributed by atoms with van der Waals surface area (Å²) in [6.45, 7) is 7.07. The first-order chi connectivity index (χ1) is 12.1. The van der Waals surface area contributed by atoms with Gasteiger partial charge in [0.1, 0.15) is 0 Å². The topological polar surface area (TPSA) is 36.9 Å². The highest BCUT2D eigenvalue weighted by atomic mass is 127. The molecule has 26 heavy (non-hydrogen) atoms. The monoisotopic (exact) mass is 491 g/mol. The molecule has 4 nitrogen and oxygen atoms in total. The third-order valence-corrected chi connectivity index (χ3v) is 5.28. The number of nitrogens with one attached hydrogen (secondary N) is 1. The van der Waals surface area contributed by atoms with Gasteiger partial charge in [-0.1, -0.05) is 35.9 Å². The minimum atomic E-state index is -0.0194. The maximum atomic E-state index is 6.52. The van der Waals surface area contributed by atoms with Gasteiger partial charge in [-0.25, -0.2) is 0 Å². The summed E-state index contributed by atoms with van der Waals surface area (Å²) in [6, 6.07) is 8.17. The van der Waals surface area contributed by atoms with E-state index in [0.717, 1.165) is 63.0 Å². The smallest absolute Gasteiger partial charge is 0.193 e. The number of hydrogen-bond acceptors (Lipinski definition) is 2. The predicted octanol–water partition coefficient (Wildman–Crippen LogP) is 4.48. The average molecular weight is 492 g/mol. The summed E-state index contributed by atoms with van der Waals surface area (Å²) in [4.78, 5) is 6.61. The Hall–Kier alpha value is -0.790. The van der Waals surface area contributed by atoms with Gasteiger partial charge in [-0.3, -0.25) is 4.99 Å². The van der Waals surface area contributed by atoms with Crippen LogP contribution in [0.5, 0.6) is 0 Å². The molecule has 1 aliphatic rings. The molecule has 1 fully saturated rings. The molecule has 0 amide bonds. The zero-order valence-corrected chi connectivity index (χ0v) is 18.9. The number of rotatable bonds is 7. The average Bonchev–Trinajstić information content (AvgIpc) is 2.63. The largest absolute Gasteiger partial charge is 0.381 e. The van der Waals surface area contributed by atoms with Crippen molar-refractivity contribution >= 4 is 41.5 Å². The molecule has 0 bridgehead atoms. The van der Waals surface area contributed by atoms with Gasteiger partial charge in [0, 0.05) is 50.8 Å². The molecule has 0 atom stereocenters. The fourth-order valence-electron chi connectivity index (χ4n) is 3.41. The molecule has 1 aromatic carbocycles. The highest BCUT2D eigenvalue weighted by Crippen LogP contribution is 2.38. The lowest BCUT2D eigenvalue weighted by Crippen LogP contribution is -2.48. The molecule has 0 spiro atoms. The van der Waals surface area contributed by atoms with Crippen molar-refractivity contribution in [1.29, 1.82) is 0 Å². The van der Waals surface area contributed by atoms with E-state index in [-0.39, 0.29) is 29.4 Å². The highest BCUT2D eigenvalue weighted by molar-refractivity contribution is 14.0. The summed E-state index contributed by atoms with van der Waals surface area (Å²) in [7, 11) is 3.91. The zero-order valence-electron chi connectivity index (χ0n) is 15.8. The van der Waals surface area contributed by atoms with Gasteiger partial charge in [0.05, 0.1) is 0 Å². The van der Waals surface area contributed by atoms with Crippen LogP contribution in [0.25, 0.3) is 0 Å². The first kappa shape index (κ1) is 23.2. The van der Waals surface area contributed by atoms with E-state index in [4.69, 9.17) is 16.3 Å². The molecule has 2 rings (SSSR count). The minimum absolute atomic E-state index is 0. The van der Waals surface area contributed by atoms with E-state index in [2.05, 4.69) is 41.0 Å². The number of nitrogens with zero attached hydrogens (tertiary/aromatic N) is 2. The summed E-state index contributed by atoms with van der Waals surface area (Å²) in [5.41, 5.74) is 1.19. The molecule has 0 aliphatic carbocycles. The van der Waals surface area contributed by atoms with Crippen LogP contribution < -0.4 is 5.32 Å². The second-order valence-corrected chi connectivity index (χ2v) is 7.03. The number of ether oxygens (including phenoxy) is 1. The molecule has 1 heterocycles. The van der Waals surface area contributed by atoms with Gasteiger partial charge in [0.25, 0.3) is 0 Å². The van der Waals surface area contributed by atoms with E-state index in [1.165, 1.54) is 5.56 Å². The van der Waals surface area contributed by atoms with E-state index in [0.29, 0.717) is 0 Å². The van der Waals surface area contributed by atoms with Crippen LogP contribution in [0.1, 0.15) is 31.2 Å². The van der Waals surface area contributed by atoms with Gasteiger partial charge in [0.15, 0.2) is 5.96 Å². The van der Waals surface area contributed by atoms with E-state index >= 15 is 0 Å². The maximum Gasteiger partial charge on any atom is 0.193 e. The van der Waals surface area contributed by atoms with Gasteiger partial charge in [-0.05, 0) is 37.3 Å². The quantitative estimate of drug-likeness (QED) is 0.201. The van der Waals surface area contributed by atoms with Crippen molar-refractivity contribution < 1.29 is 4.74 Å². The summed E-state index contributed by atoms with van der Waals surface area (Å²) in [5.74, 6) is 0.919. The summed E-state index contributed by atoms with van der Waals surface area (Å²) < 4.78 is 5.61. The molecule has 1 N–H and O–H groups in total. The van der Waals surface area contributed by atoms with E-state index < -0.39 is 0 Å². The van der Waals surface area contributed by atoms with Gasteiger partial charge in [0.2, 0.25) is 0 Å². The lowest BCUT2D eigenvalue weighted by molar-refractivity contribution is 0.0512. The second-order valence-electron chi connectivity index (χ2n) is 6.63. The molecular formula is C20H31ClIN3O. The fraction of sp³-hybridized carbons (Fsp3) is 0.550. The van der Waals surface area contributed by atoms with Gasteiger partial charge in [-0.15, -0.1) is 30.6 Å². The van der Waals surface area contributed by atoms with Crippen LogP contribution in [0.3, 0.4) is 0 Å². The van der Waals surface area contributed by atoms with Crippen molar-refractivity contribution in [3.63, 3.8) is 0 Å². The Kier molecular flexibility index (Phi) is 10.6. The fourth-order valence-corrected chi connectivity index (χ4v) is 3.74. The third-order valence-electron chi connectivity index (χ3n) is 4.96. The minimum Gasteiger partial charge on any atom is -0.381 e. The van der Waals surface area contributed by atoms with Crippen molar-refractivity contribution in [2.24, 2.45) is 4.99 Å². The number of unbranched alkanes of at least 4 members (excludes halogenated alkanes) is 1. The molecule has 146 valence electrons. The molecule has 0 radical (unpaired) electrons. The first-order valence-electron chi connectivity index (χ1n) is 8.98. The Morgan fingerprint density at radius 1 is 1.38 bits per heavy atom. The normalized spacial score (nSPS) is 16.5. The lowest BCUT2D eigenvalue weighted by Gasteiger charge is -2.39. The molecule has 1 aliphatic heterocycles. The molecule has 0 saturated carbocycles. The predicted molar refractivity (Wildman–Crippen MR) is 122 cm³/mol. The Balaban J connectivity index is 0.00000338. The summed E-state index contributed by atoms with van der Waals surface area (Å²) >= 11 is 6.52. The maximum absolute atomic E-state index is 6.52. The van der Waals surface area contributed by atoms with Crippen LogP contribution in [0.4, 0.5) is 0 Å². The third kappa shape index (κ3) is 6.13. The van der Waals surface area contributed by atoms with Crippen molar-refractivity contribution in [2.75, 3.05) is 40.4 Å². The summed E-state index contributed by atoms with van der Waals surface area (Å²) in [6.07, 6.45) is 5.96. The molecule has 1 aromatic rings. The highest BCUT2D eigenvalue weighted by Gasteiger charge is 2.36. The van der Waals surface area contributed by atoms with Crippen molar-refractivity contribution in [1.82, 2.24) is 10.2 Å². The van der Waals surface area contributed by atoms with Crippen molar-refractivity contribution in [3.05, 3.63) is 47.5 Å². The molecule has 1 saturated heterocycles. The number of halogens is 2. The van der Waals surface area contributed by atoms with Gasteiger partial charge < -0.3 is 15.0 Å². The van der Waals surface area contributed by atoms with Gasteiger partial charge in [-0.2, -0.15) is 0 Å².